The molecule has 0 aromatic heterocycles. The van der Waals surface area contributed by atoms with Crippen LogP contribution >= 0.6 is 0 Å². The number of para-hydroxylation sites is 1. The van der Waals surface area contributed by atoms with Crippen LogP contribution in [0.25, 0.3) is 0 Å². The monoisotopic (exact) mass is 359 g/mol. The molecule has 6 heteroatoms. The second kappa shape index (κ2) is 6.78. The molecule has 1 heterocycles. The number of nitrogens with zero attached hydrogens (tertiary/aromatic N) is 1. The van der Waals surface area contributed by atoms with Gasteiger partial charge in [-0.05, 0) is 42.3 Å². The van der Waals surface area contributed by atoms with Gasteiger partial charge in [0.25, 0.3) is 0 Å². The summed E-state index contributed by atoms with van der Waals surface area (Å²) < 4.78 is 43.5. The Labute approximate surface area is 148 Å². The summed E-state index contributed by atoms with van der Waals surface area (Å²) in [5, 5.41) is 0. The second-order valence-corrected chi connectivity index (χ2v) is 5.91. The van der Waals surface area contributed by atoms with E-state index in [1.54, 1.807) is 36.4 Å². The van der Waals surface area contributed by atoms with Gasteiger partial charge in [-0.25, -0.2) is 4.79 Å². The average molecular weight is 359 g/mol. The highest BCUT2D eigenvalue weighted by atomic mass is 19.4. The summed E-state index contributed by atoms with van der Waals surface area (Å²) in [5.41, 5.74) is -0.723. The van der Waals surface area contributed by atoms with Gasteiger partial charge in [-0.1, -0.05) is 37.3 Å². The van der Waals surface area contributed by atoms with E-state index in [0.29, 0.717) is 17.7 Å². The Morgan fingerprint density at radius 3 is 2.31 bits per heavy atom. The molecular formula is C20H16F3NO2. The van der Waals surface area contributed by atoms with Crippen LogP contribution in [-0.2, 0) is 16.5 Å². The second-order valence-electron chi connectivity index (χ2n) is 5.91. The number of alkyl halides is 3. The highest BCUT2D eigenvalue weighted by Crippen LogP contribution is 2.37. The first-order valence-electron chi connectivity index (χ1n) is 8.07. The Hall–Kier alpha value is -2.89. The van der Waals surface area contributed by atoms with Crippen molar-refractivity contribution in [1.82, 2.24) is 0 Å². The lowest BCUT2D eigenvalue weighted by Crippen LogP contribution is -2.19. The number of esters is 1. The van der Waals surface area contributed by atoms with Gasteiger partial charge in [0.1, 0.15) is 11.3 Å². The molecule has 0 saturated carbocycles. The summed E-state index contributed by atoms with van der Waals surface area (Å²) in [6, 6.07) is 13.5. The number of carbonyl (C=O) groups is 1. The van der Waals surface area contributed by atoms with Gasteiger partial charge in [0.15, 0.2) is 0 Å². The maximum atomic E-state index is 12.7. The Bertz CT molecular complexity index is 855. The summed E-state index contributed by atoms with van der Waals surface area (Å²) in [6.45, 7) is 1.86. The summed E-state index contributed by atoms with van der Waals surface area (Å²) >= 11 is 0. The van der Waals surface area contributed by atoms with Crippen molar-refractivity contribution in [3.63, 3.8) is 0 Å². The molecule has 0 bridgehead atoms. The molecular weight excluding hydrogens is 343 g/mol. The van der Waals surface area contributed by atoms with Crippen LogP contribution in [0.3, 0.4) is 0 Å². The zero-order valence-corrected chi connectivity index (χ0v) is 14.0. The maximum absolute atomic E-state index is 12.7. The molecule has 134 valence electrons. The minimum atomic E-state index is -4.39. The summed E-state index contributed by atoms with van der Waals surface area (Å²) in [7, 11) is 0. The highest BCUT2D eigenvalue weighted by molar-refractivity contribution is 6.11. The SMILES string of the molecule is CCC1(c2ccc(C(F)(F)F)cc2)C=C(C(=O)Oc2ccccc2)C=N1. The third-order valence-corrected chi connectivity index (χ3v) is 4.27. The lowest BCUT2D eigenvalue weighted by molar-refractivity contribution is -0.137. The summed E-state index contributed by atoms with van der Waals surface area (Å²) in [5.74, 6) is -0.141. The highest BCUT2D eigenvalue weighted by Gasteiger charge is 2.35. The lowest BCUT2D eigenvalue weighted by atomic mass is 9.87. The van der Waals surface area contributed by atoms with E-state index < -0.39 is 23.2 Å². The predicted octanol–water partition coefficient (Wildman–Crippen LogP) is 4.93. The van der Waals surface area contributed by atoms with Crippen LogP contribution in [0.2, 0.25) is 0 Å². The third-order valence-electron chi connectivity index (χ3n) is 4.27. The number of aliphatic imine (C=N–C) groups is 1. The smallest absolute Gasteiger partial charge is 0.416 e. The number of halogens is 3. The van der Waals surface area contributed by atoms with Gasteiger partial charge in [-0.2, -0.15) is 13.2 Å². The largest absolute Gasteiger partial charge is 0.423 e. The van der Waals surface area contributed by atoms with E-state index in [1.165, 1.54) is 18.3 Å². The molecule has 2 aromatic rings. The van der Waals surface area contributed by atoms with Crippen molar-refractivity contribution in [2.45, 2.75) is 25.1 Å². The molecule has 2 aromatic carbocycles. The molecule has 0 radical (unpaired) electrons. The first-order valence-corrected chi connectivity index (χ1v) is 8.07. The number of hydrogen-bond acceptors (Lipinski definition) is 3. The quantitative estimate of drug-likeness (QED) is 0.574. The standard InChI is InChI=1S/C20H16F3NO2/c1-2-19(15-8-10-16(11-9-15)20(21,22)23)12-14(13-24-19)18(25)26-17-6-4-3-5-7-17/h3-13H,2H2,1H3. The number of ether oxygens (including phenoxy) is 1. The van der Waals surface area contributed by atoms with Gasteiger partial charge in [0, 0.05) is 6.21 Å². The molecule has 0 aliphatic carbocycles. The van der Waals surface area contributed by atoms with Gasteiger partial charge in [0.2, 0.25) is 0 Å². The van der Waals surface area contributed by atoms with Crippen LogP contribution < -0.4 is 4.74 Å². The molecule has 0 spiro atoms. The topological polar surface area (TPSA) is 38.7 Å². The van der Waals surface area contributed by atoms with Crippen molar-refractivity contribution in [3.8, 4) is 5.75 Å². The average Bonchev–Trinajstić information content (AvgIpc) is 3.08. The molecule has 0 amide bonds. The third kappa shape index (κ3) is 3.54. The summed E-state index contributed by atoms with van der Waals surface area (Å²) in [4.78, 5) is 16.7. The van der Waals surface area contributed by atoms with E-state index in [0.717, 1.165) is 12.1 Å². The van der Waals surface area contributed by atoms with E-state index >= 15 is 0 Å². The fourth-order valence-electron chi connectivity index (χ4n) is 2.79. The number of carbonyl (C=O) groups excluding carboxylic acids is 1. The fourth-order valence-corrected chi connectivity index (χ4v) is 2.79. The van der Waals surface area contributed by atoms with Crippen molar-refractivity contribution in [2.75, 3.05) is 0 Å². The van der Waals surface area contributed by atoms with Gasteiger partial charge in [-0.3, -0.25) is 4.99 Å². The Kier molecular flexibility index (Phi) is 4.68. The van der Waals surface area contributed by atoms with Crippen molar-refractivity contribution < 1.29 is 22.7 Å². The molecule has 0 saturated heterocycles. The molecule has 0 N–H and O–H groups in total. The van der Waals surface area contributed by atoms with Crippen LogP contribution in [0.15, 0.2) is 71.2 Å². The van der Waals surface area contributed by atoms with Crippen LogP contribution in [-0.4, -0.2) is 12.2 Å². The van der Waals surface area contributed by atoms with Gasteiger partial charge < -0.3 is 4.74 Å². The van der Waals surface area contributed by atoms with E-state index in [4.69, 9.17) is 4.74 Å². The Morgan fingerprint density at radius 2 is 1.73 bits per heavy atom. The molecule has 26 heavy (non-hydrogen) atoms. The minimum Gasteiger partial charge on any atom is -0.423 e. The first-order chi connectivity index (χ1) is 12.3. The van der Waals surface area contributed by atoms with E-state index in [-0.39, 0.29) is 5.57 Å². The van der Waals surface area contributed by atoms with Crippen molar-refractivity contribution >= 4 is 12.2 Å². The van der Waals surface area contributed by atoms with Gasteiger partial charge in [-0.15, -0.1) is 0 Å². The minimum absolute atomic E-state index is 0.274. The van der Waals surface area contributed by atoms with Crippen molar-refractivity contribution in [1.29, 1.82) is 0 Å². The molecule has 0 fully saturated rings. The lowest BCUT2D eigenvalue weighted by Gasteiger charge is -2.23. The molecule has 1 aliphatic rings. The molecule has 3 rings (SSSR count). The van der Waals surface area contributed by atoms with Crippen LogP contribution in [0.5, 0.6) is 5.75 Å². The molecule has 3 nitrogen and oxygen atoms in total. The van der Waals surface area contributed by atoms with E-state index in [1.807, 2.05) is 6.92 Å². The number of rotatable bonds is 4. The van der Waals surface area contributed by atoms with E-state index in [2.05, 4.69) is 4.99 Å². The zero-order valence-electron chi connectivity index (χ0n) is 14.0. The molecule has 1 aliphatic heterocycles. The van der Waals surface area contributed by atoms with Gasteiger partial charge >= 0.3 is 12.1 Å². The normalized spacial score (nSPS) is 19.3. The van der Waals surface area contributed by atoms with Crippen molar-refractivity contribution in [3.05, 3.63) is 77.4 Å². The summed E-state index contributed by atoms with van der Waals surface area (Å²) in [6.07, 6.45) is -0.846. The first kappa shape index (κ1) is 17.9. The van der Waals surface area contributed by atoms with Crippen LogP contribution in [0.1, 0.15) is 24.5 Å². The molecule has 1 unspecified atom stereocenters. The molecule has 1 atom stereocenters. The van der Waals surface area contributed by atoms with Crippen LogP contribution in [0, 0.1) is 0 Å². The van der Waals surface area contributed by atoms with Crippen LogP contribution in [0.4, 0.5) is 13.2 Å². The van der Waals surface area contributed by atoms with Gasteiger partial charge in [0.05, 0.1) is 11.1 Å². The number of hydrogen-bond donors (Lipinski definition) is 0. The Morgan fingerprint density at radius 1 is 1.08 bits per heavy atom. The predicted molar refractivity (Wildman–Crippen MR) is 92.1 cm³/mol. The van der Waals surface area contributed by atoms with E-state index in [9.17, 15) is 18.0 Å². The zero-order chi connectivity index (χ0) is 18.8. The maximum Gasteiger partial charge on any atom is 0.416 e. The van der Waals surface area contributed by atoms with Crippen molar-refractivity contribution in [2.24, 2.45) is 4.99 Å². The number of benzene rings is 2. The Balaban J connectivity index is 1.84. The fraction of sp³-hybridized carbons (Fsp3) is 0.200.